The molecule has 3 N–H and O–H groups in total. The van der Waals surface area contributed by atoms with E-state index in [2.05, 4.69) is 5.32 Å². The first-order valence-corrected chi connectivity index (χ1v) is 11.0. The lowest BCUT2D eigenvalue weighted by molar-refractivity contribution is -0.121. The standard InChI is InChI=1S/C25H35NO4/c1-2-26-25(30)13-9-4-3-8-12-21-22(24(29)18-23(21)28)17-16-20(27)15-14-19-10-6-5-7-11-19/h3,5-8,10-11,16-17,21-24,28-29H,2,4,9,12-15,18H2,1H3,(H,26,30)/b8-3+,17-16+/t21-,22-,23+,24-/m1/s1. The molecule has 5 heteroatoms. The SMILES string of the molecule is CCNC(=O)CCC/C=C/C[C@@H]1[C@@H](/C=C/C(=O)CCc2ccccc2)[C@H](O)C[C@@H]1O. The van der Waals surface area contributed by atoms with Crippen molar-refractivity contribution in [3.8, 4) is 0 Å². The van der Waals surface area contributed by atoms with Crippen molar-refractivity contribution in [3.63, 3.8) is 0 Å². The fourth-order valence-corrected chi connectivity index (χ4v) is 3.96. The van der Waals surface area contributed by atoms with Gasteiger partial charge in [0.1, 0.15) is 0 Å². The molecule has 0 bridgehead atoms. The molecular weight excluding hydrogens is 378 g/mol. The number of carbonyl (C=O) groups excluding carboxylic acids is 2. The highest BCUT2D eigenvalue weighted by Gasteiger charge is 2.39. The van der Waals surface area contributed by atoms with Gasteiger partial charge in [-0.3, -0.25) is 9.59 Å². The minimum Gasteiger partial charge on any atom is -0.393 e. The van der Waals surface area contributed by atoms with Crippen LogP contribution in [0.4, 0.5) is 0 Å². The summed E-state index contributed by atoms with van der Waals surface area (Å²) in [5, 5.41) is 23.4. The van der Waals surface area contributed by atoms with Gasteiger partial charge in [-0.1, -0.05) is 48.6 Å². The Morgan fingerprint density at radius 2 is 1.87 bits per heavy atom. The first-order chi connectivity index (χ1) is 14.5. The molecule has 1 aliphatic rings. The Morgan fingerprint density at radius 3 is 2.60 bits per heavy atom. The van der Waals surface area contributed by atoms with Gasteiger partial charge in [0.2, 0.25) is 5.91 Å². The maximum atomic E-state index is 12.2. The van der Waals surface area contributed by atoms with Crippen molar-refractivity contribution in [1.29, 1.82) is 0 Å². The molecular formula is C25H35NO4. The lowest BCUT2D eigenvalue weighted by atomic mass is 9.89. The van der Waals surface area contributed by atoms with Crippen LogP contribution < -0.4 is 5.32 Å². The summed E-state index contributed by atoms with van der Waals surface area (Å²) in [6, 6.07) is 9.89. The van der Waals surface area contributed by atoms with Crippen LogP contribution in [0.5, 0.6) is 0 Å². The Morgan fingerprint density at radius 1 is 1.10 bits per heavy atom. The molecule has 0 aliphatic heterocycles. The number of rotatable bonds is 12. The average molecular weight is 414 g/mol. The van der Waals surface area contributed by atoms with Crippen LogP contribution in [-0.4, -0.2) is 40.7 Å². The molecule has 1 fully saturated rings. The number of amides is 1. The molecule has 0 unspecified atom stereocenters. The minimum absolute atomic E-state index is 0.0343. The Labute approximate surface area is 179 Å². The molecule has 1 aliphatic carbocycles. The van der Waals surface area contributed by atoms with E-state index in [1.54, 1.807) is 12.2 Å². The first-order valence-electron chi connectivity index (χ1n) is 11.0. The number of aliphatic hydroxyl groups is 2. The number of carbonyl (C=O) groups is 2. The van der Waals surface area contributed by atoms with Crippen LogP contribution in [0.25, 0.3) is 0 Å². The van der Waals surface area contributed by atoms with Crippen LogP contribution in [0.1, 0.15) is 51.0 Å². The number of benzene rings is 1. The molecule has 0 heterocycles. The monoisotopic (exact) mass is 413 g/mol. The van der Waals surface area contributed by atoms with Gasteiger partial charge < -0.3 is 15.5 Å². The summed E-state index contributed by atoms with van der Waals surface area (Å²) in [4.78, 5) is 23.7. The summed E-state index contributed by atoms with van der Waals surface area (Å²) >= 11 is 0. The van der Waals surface area contributed by atoms with Gasteiger partial charge >= 0.3 is 0 Å². The van der Waals surface area contributed by atoms with E-state index in [1.165, 1.54) is 0 Å². The van der Waals surface area contributed by atoms with Gasteiger partial charge in [0.25, 0.3) is 0 Å². The lowest BCUT2D eigenvalue weighted by Crippen LogP contribution is -2.21. The molecule has 0 radical (unpaired) electrons. The number of nitrogens with one attached hydrogen (secondary N) is 1. The van der Waals surface area contributed by atoms with Crippen molar-refractivity contribution in [3.05, 3.63) is 60.2 Å². The second-order valence-corrected chi connectivity index (χ2v) is 7.98. The zero-order valence-electron chi connectivity index (χ0n) is 17.9. The topological polar surface area (TPSA) is 86.6 Å². The van der Waals surface area contributed by atoms with Crippen LogP contribution in [0.2, 0.25) is 0 Å². The normalized spacial score (nSPS) is 24.0. The molecule has 4 atom stereocenters. The smallest absolute Gasteiger partial charge is 0.219 e. The number of allylic oxidation sites excluding steroid dienone is 3. The second kappa shape index (κ2) is 13.1. The quantitative estimate of drug-likeness (QED) is 0.279. The van der Waals surface area contributed by atoms with Crippen LogP contribution in [0, 0.1) is 11.8 Å². The third kappa shape index (κ3) is 8.25. The van der Waals surface area contributed by atoms with E-state index in [9.17, 15) is 19.8 Å². The predicted octanol–water partition coefficient (Wildman–Crippen LogP) is 3.36. The van der Waals surface area contributed by atoms with Gasteiger partial charge in [-0.15, -0.1) is 0 Å². The second-order valence-electron chi connectivity index (χ2n) is 7.98. The molecule has 1 aromatic rings. The molecule has 0 aromatic heterocycles. The highest BCUT2D eigenvalue weighted by molar-refractivity contribution is 5.89. The highest BCUT2D eigenvalue weighted by atomic mass is 16.3. The van der Waals surface area contributed by atoms with Crippen molar-refractivity contribution < 1.29 is 19.8 Å². The van der Waals surface area contributed by atoms with Gasteiger partial charge in [0.05, 0.1) is 12.2 Å². The molecule has 30 heavy (non-hydrogen) atoms. The maximum Gasteiger partial charge on any atom is 0.219 e. The Balaban J connectivity index is 1.78. The molecule has 1 saturated carbocycles. The Bertz CT molecular complexity index is 713. The fourth-order valence-electron chi connectivity index (χ4n) is 3.96. The predicted molar refractivity (Wildman–Crippen MR) is 119 cm³/mol. The summed E-state index contributed by atoms with van der Waals surface area (Å²) in [6.07, 6.45) is 10.4. The van der Waals surface area contributed by atoms with E-state index in [0.29, 0.717) is 38.6 Å². The maximum absolute atomic E-state index is 12.2. The van der Waals surface area contributed by atoms with Crippen LogP contribution in [0.15, 0.2) is 54.6 Å². The fraction of sp³-hybridized carbons (Fsp3) is 0.520. The number of ketones is 1. The molecule has 164 valence electrons. The number of aryl methyl sites for hydroxylation is 1. The van der Waals surface area contributed by atoms with Gasteiger partial charge in [-0.2, -0.15) is 0 Å². The summed E-state index contributed by atoms with van der Waals surface area (Å²) < 4.78 is 0. The third-order valence-electron chi connectivity index (χ3n) is 5.65. The third-order valence-corrected chi connectivity index (χ3v) is 5.65. The lowest BCUT2D eigenvalue weighted by Gasteiger charge is -2.19. The summed E-state index contributed by atoms with van der Waals surface area (Å²) in [6.45, 7) is 2.56. The minimum atomic E-state index is -0.630. The molecule has 1 aromatic carbocycles. The van der Waals surface area contributed by atoms with Gasteiger partial charge in [0, 0.05) is 31.7 Å². The van der Waals surface area contributed by atoms with Gasteiger partial charge in [-0.05, 0) is 50.2 Å². The Hall–Kier alpha value is -2.24. The van der Waals surface area contributed by atoms with Gasteiger partial charge in [0.15, 0.2) is 5.78 Å². The largest absolute Gasteiger partial charge is 0.393 e. The number of unbranched alkanes of at least 4 members (excludes halogenated alkanes) is 1. The van der Waals surface area contributed by atoms with E-state index in [-0.39, 0.29) is 23.5 Å². The number of aliphatic hydroxyl groups excluding tert-OH is 2. The molecule has 5 nitrogen and oxygen atoms in total. The van der Waals surface area contributed by atoms with Crippen molar-refractivity contribution in [2.45, 2.75) is 64.1 Å². The van der Waals surface area contributed by atoms with Crippen molar-refractivity contribution in [2.24, 2.45) is 11.8 Å². The number of hydrogen-bond acceptors (Lipinski definition) is 4. The van der Waals surface area contributed by atoms with E-state index < -0.39 is 12.2 Å². The highest BCUT2D eigenvalue weighted by Crippen LogP contribution is 2.36. The molecule has 0 saturated heterocycles. The zero-order valence-corrected chi connectivity index (χ0v) is 17.9. The summed E-state index contributed by atoms with van der Waals surface area (Å²) in [7, 11) is 0. The van der Waals surface area contributed by atoms with Crippen LogP contribution >= 0.6 is 0 Å². The first kappa shape index (κ1) is 24.0. The molecule has 2 rings (SSSR count). The number of hydrogen-bond donors (Lipinski definition) is 3. The Kier molecular flexibility index (Phi) is 10.5. The van der Waals surface area contributed by atoms with Crippen LogP contribution in [0.3, 0.4) is 0 Å². The van der Waals surface area contributed by atoms with Crippen molar-refractivity contribution in [2.75, 3.05) is 6.54 Å². The van der Waals surface area contributed by atoms with E-state index in [1.807, 2.05) is 49.4 Å². The molecule has 0 spiro atoms. The van der Waals surface area contributed by atoms with Crippen molar-refractivity contribution >= 4 is 11.7 Å². The van der Waals surface area contributed by atoms with Crippen molar-refractivity contribution in [1.82, 2.24) is 5.32 Å². The zero-order chi connectivity index (χ0) is 21.8. The van der Waals surface area contributed by atoms with Crippen LogP contribution in [-0.2, 0) is 16.0 Å². The van der Waals surface area contributed by atoms with Gasteiger partial charge in [-0.25, -0.2) is 0 Å². The van der Waals surface area contributed by atoms with E-state index in [4.69, 9.17) is 0 Å². The molecule has 1 amide bonds. The summed E-state index contributed by atoms with van der Waals surface area (Å²) in [5.41, 5.74) is 1.13. The summed E-state index contributed by atoms with van der Waals surface area (Å²) in [5.74, 6) is -0.215. The average Bonchev–Trinajstić information content (AvgIpc) is 3.00. The van der Waals surface area contributed by atoms with E-state index in [0.717, 1.165) is 18.4 Å². The van der Waals surface area contributed by atoms with E-state index >= 15 is 0 Å².